The van der Waals surface area contributed by atoms with Crippen LogP contribution in [-0.2, 0) is 7.05 Å². The molecule has 0 bridgehead atoms. The number of piperidine rings is 1. The number of rotatable bonds is 7. The molecule has 0 radical (unpaired) electrons. The minimum absolute atomic E-state index is 0.388. The van der Waals surface area contributed by atoms with Gasteiger partial charge in [0.2, 0.25) is 0 Å². The van der Waals surface area contributed by atoms with Crippen molar-refractivity contribution in [1.82, 2.24) is 14.8 Å². The Bertz CT molecular complexity index is 1460. The summed E-state index contributed by atoms with van der Waals surface area (Å²) in [4.78, 5) is 11.3. The maximum atomic E-state index is 9.05. The number of hydrogen-bond donors (Lipinski definition) is 3. The van der Waals surface area contributed by atoms with Crippen LogP contribution in [0.1, 0.15) is 46.6 Å². The molecule has 4 N–H and O–H groups in total. The van der Waals surface area contributed by atoms with Gasteiger partial charge in [-0.1, -0.05) is 30.3 Å². The average Bonchev–Trinajstić information content (AvgIpc) is 3.37. The van der Waals surface area contributed by atoms with Crippen molar-refractivity contribution in [3.05, 3.63) is 94.9 Å². The summed E-state index contributed by atoms with van der Waals surface area (Å²) in [7, 11) is 3.68. The standard InChI is InChI=1S/C30H34N8/c1-20-6-4-8-25(29(32)24-7-5-9-27(31)26(24)18-33-2)30(20)36-23-10-11-28(34-17-23)38-14-12-21(13-15-38)22-16-35-37(3)19-22/h4-11,16-19,21,32,36H,12-15,31H2,1-3H3. The van der Waals surface area contributed by atoms with E-state index in [4.69, 9.17) is 16.1 Å². The van der Waals surface area contributed by atoms with Gasteiger partial charge >= 0.3 is 0 Å². The quantitative estimate of drug-likeness (QED) is 0.233. The largest absolute Gasteiger partial charge is 0.398 e. The van der Waals surface area contributed by atoms with Crippen LogP contribution >= 0.6 is 0 Å². The van der Waals surface area contributed by atoms with E-state index in [2.05, 4.69) is 38.6 Å². The maximum Gasteiger partial charge on any atom is 0.128 e. The lowest BCUT2D eigenvalue weighted by Crippen LogP contribution is -2.33. The predicted molar refractivity (Wildman–Crippen MR) is 156 cm³/mol. The van der Waals surface area contributed by atoms with Crippen molar-refractivity contribution in [3.63, 3.8) is 0 Å². The molecule has 1 aliphatic rings. The number of aliphatic imine (C=N–C) groups is 1. The van der Waals surface area contributed by atoms with E-state index in [1.54, 1.807) is 13.3 Å². The lowest BCUT2D eigenvalue weighted by atomic mass is 9.91. The molecule has 8 heteroatoms. The van der Waals surface area contributed by atoms with Crippen molar-refractivity contribution in [2.45, 2.75) is 25.7 Å². The summed E-state index contributed by atoms with van der Waals surface area (Å²) < 4.78 is 1.88. The Kier molecular flexibility index (Phi) is 7.22. The number of aryl methyl sites for hydroxylation is 2. The second-order valence-corrected chi connectivity index (χ2v) is 9.81. The van der Waals surface area contributed by atoms with Crippen LogP contribution in [0.3, 0.4) is 0 Å². The molecular weight excluding hydrogens is 472 g/mol. The highest BCUT2D eigenvalue weighted by molar-refractivity contribution is 6.18. The van der Waals surface area contributed by atoms with Crippen molar-refractivity contribution in [2.75, 3.05) is 36.1 Å². The van der Waals surface area contributed by atoms with E-state index in [0.717, 1.165) is 65.4 Å². The first-order valence-corrected chi connectivity index (χ1v) is 12.9. The van der Waals surface area contributed by atoms with Gasteiger partial charge in [-0.15, -0.1) is 0 Å². The van der Waals surface area contributed by atoms with Gasteiger partial charge in [-0.05, 0) is 55.0 Å². The van der Waals surface area contributed by atoms with Crippen molar-refractivity contribution in [2.24, 2.45) is 12.0 Å². The van der Waals surface area contributed by atoms with Crippen LogP contribution in [0, 0.1) is 12.3 Å². The molecule has 2 aromatic heterocycles. The summed E-state index contributed by atoms with van der Waals surface area (Å²) in [6.07, 6.45) is 9.89. The highest BCUT2D eigenvalue weighted by Gasteiger charge is 2.22. The van der Waals surface area contributed by atoms with E-state index in [1.807, 2.05) is 67.4 Å². The highest BCUT2D eigenvalue weighted by Crippen LogP contribution is 2.31. The Hall–Kier alpha value is -4.46. The van der Waals surface area contributed by atoms with Gasteiger partial charge in [0.25, 0.3) is 0 Å². The van der Waals surface area contributed by atoms with Gasteiger partial charge < -0.3 is 16.0 Å². The molecule has 0 unspecified atom stereocenters. The fraction of sp³-hybridized carbons (Fsp3) is 0.267. The summed E-state index contributed by atoms with van der Waals surface area (Å²) in [5, 5.41) is 16.9. The van der Waals surface area contributed by atoms with Crippen LogP contribution in [0.2, 0.25) is 0 Å². The normalized spacial score (nSPS) is 14.2. The summed E-state index contributed by atoms with van der Waals surface area (Å²) in [5.41, 5.74) is 13.6. The molecule has 0 saturated carbocycles. The molecular formula is C30H34N8. The monoisotopic (exact) mass is 506 g/mol. The molecule has 0 spiro atoms. The van der Waals surface area contributed by atoms with Crippen LogP contribution in [0.15, 0.2) is 72.1 Å². The molecule has 5 rings (SSSR count). The third kappa shape index (κ3) is 5.16. The van der Waals surface area contributed by atoms with Gasteiger partial charge in [0, 0.05) is 62.0 Å². The van der Waals surface area contributed by atoms with Crippen molar-refractivity contribution < 1.29 is 0 Å². The van der Waals surface area contributed by atoms with Crippen molar-refractivity contribution >= 4 is 34.8 Å². The lowest BCUT2D eigenvalue weighted by molar-refractivity contribution is 0.502. The Balaban J connectivity index is 1.33. The molecule has 0 aliphatic carbocycles. The summed E-state index contributed by atoms with van der Waals surface area (Å²) >= 11 is 0. The SMILES string of the molecule is CN=Cc1c(N)cccc1C(=N)c1cccc(C)c1Nc1ccc(N2CCC(c3cnn(C)c3)CC2)nc1. The van der Waals surface area contributed by atoms with Crippen molar-refractivity contribution in [1.29, 1.82) is 5.41 Å². The van der Waals surface area contributed by atoms with E-state index >= 15 is 0 Å². The lowest BCUT2D eigenvalue weighted by Gasteiger charge is -2.32. The summed E-state index contributed by atoms with van der Waals surface area (Å²) in [5.74, 6) is 1.54. The molecule has 1 aliphatic heterocycles. The van der Waals surface area contributed by atoms with Gasteiger partial charge in [0.1, 0.15) is 5.82 Å². The van der Waals surface area contributed by atoms with E-state index in [-0.39, 0.29) is 0 Å². The van der Waals surface area contributed by atoms with Gasteiger partial charge in [-0.2, -0.15) is 5.10 Å². The number of nitrogens with two attached hydrogens (primary N) is 1. The smallest absolute Gasteiger partial charge is 0.128 e. The average molecular weight is 507 g/mol. The number of benzene rings is 2. The number of nitrogen functional groups attached to an aromatic ring is 1. The van der Waals surface area contributed by atoms with Gasteiger partial charge in [0.05, 0.1) is 29.5 Å². The molecule has 0 amide bonds. The zero-order valence-electron chi connectivity index (χ0n) is 22.1. The third-order valence-corrected chi connectivity index (χ3v) is 7.24. The number of nitrogens with one attached hydrogen (secondary N) is 2. The fourth-order valence-corrected chi connectivity index (χ4v) is 5.15. The zero-order valence-corrected chi connectivity index (χ0v) is 22.1. The minimum atomic E-state index is 0.388. The molecule has 1 saturated heterocycles. The van der Waals surface area contributed by atoms with Crippen LogP contribution < -0.4 is 16.0 Å². The predicted octanol–water partition coefficient (Wildman–Crippen LogP) is 5.30. The summed E-state index contributed by atoms with van der Waals surface area (Å²) in [6.45, 7) is 3.99. The van der Waals surface area contributed by atoms with Crippen LogP contribution in [-0.4, -0.2) is 46.8 Å². The first-order valence-electron chi connectivity index (χ1n) is 12.9. The third-order valence-electron chi connectivity index (χ3n) is 7.24. The Labute approximate surface area is 223 Å². The van der Waals surface area contributed by atoms with E-state index in [9.17, 15) is 0 Å². The molecule has 8 nitrogen and oxygen atoms in total. The Morgan fingerprint density at radius 3 is 2.53 bits per heavy atom. The fourth-order valence-electron chi connectivity index (χ4n) is 5.15. The minimum Gasteiger partial charge on any atom is -0.398 e. The van der Waals surface area contributed by atoms with Gasteiger partial charge in [0.15, 0.2) is 0 Å². The number of anilines is 4. The molecule has 194 valence electrons. The van der Waals surface area contributed by atoms with Crippen LogP contribution in [0.4, 0.5) is 22.9 Å². The first-order chi connectivity index (χ1) is 18.4. The van der Waals surface area contributed by atoms with Crippen LogP contribution in [0.5, 0.6) is 0 Å². The van der Waals surface area contributed by atoms with Gasteiger partial charge in [-0.3, -0.25) is 15.1 Å². The van der Waals surface area contributed by atoms with Crippen molar-refractivity contribution in [3.8, 4) is 0 Å². The molecule has 4 aromatic rings. The van der Waals surface area contributed by atoms with Gasteiger partial charge in [-0.25, -0.2) is 4.98 Å². The second kappa shape index (κ2) is 10.9. The van der Waals surface area contributed by atoms with E-state index in [1.165, 1.54) is 5.56 Å². The Morgan fingerprint density at radius 1 is 1.08 bits per heavy atom. The second-order valence-electron chi connectivity index (χ2n) is 9.81. The molecule has 3 heterocycles. The topological polar surface area (TPSA) is 108 Å². The molecule has 2 aromatic carbocycles. The summed E-state index contributed by atoms with van der Waals surface area (Å²) in [6, 6.07) is 15.7. The Morgan fingerprint density at radius 2 is 1.84 bits per heavy atom. The molecule has 38 heavy (non-hydrogen) atoms. The highest BCUT2D eigenvalue weighted by atomic mass is 15.2. The van der Waals surface area contributed by atoms with E-state index in [0.29, 0.717) is 17.3 Å². The molecule has 0 atom stereocenters. The maximum absolute atomic E-state index is 9.05. The number of para-hydroxylation sites is 1. The molecule has 1 fully saturated rings. The number of hydrogen-bond acceptors (Lipinski definition) is 7. The number of nitrogens with zero attached hydrogens (tertiary/aromatic N) is 5. The van der Waals surface area contributed by atoms with Crippen LogP contribution in [0.25, 0.3) is 0 Å². The zero-order chi connectivity index (χ0) is 26.6. The number of aromatic nitrogens is 3. The number of pyridine rings is 1. The first kappa shape index (κ1) is 25.2. The van der Waals surface area contributed by atoms with E-state index < -0.39 is 0 Å².